The number of carboxylic acid groups (broad SMARTS) is 1. The summed E-state index contributed by atoms with van der Waals surface area (Å²) in [7, 11) is 0. The zero-order valence-electron chi connectivity index (χ0n) is 12.5. The summed E-state index contributed by atoms with van der Waals surface area (Å²) >= 11 is 1.72. The van der Waals surface area contributed by atoms with Crippen molar-refractivity contribution in [2.75, 3.05) is 18.1 Å². The molecule has 2 rings (SSSR count). The van der Waals surface area contributed by atoms with Crippen LogP contribution in [0.5, 0.6) is 0 Å². The predicted octanol–water partition coefficient (Wildman–Crippen LogP) is 2.26. The number of carboxylic acids is 1. The maximum absolute atomic E-state index is 12.5. The van der Waals surface area contributed by atoms with Crippen molar-refractivity contribution in [1.82, 2.24) is 4.90 Å². The highest BCUT2D eigenvalue weighted by Gasteiger charge is 2.28. The first-order valence-electron chi connectivity index (χ1n) is 7.12. The second kappa shape index (κ2) is 6.98. The molecule has 1 heterocycles. The molecule has 0 aromatic heterocycles. The van der Waals surface area contributed by atoms with E-state index in [1.165, 1.54) is 0 Å². The van der Waals surface area contributed by atoms with Crippen LogP contribution in [0.2, 0.25) is 0 Å². The van der Waals surface area contributed by atoms with Gasteiger partial charge in [0.05, 0.1) is 18.9 Å². The SMILES string of the molecule is Cc1ccc(C)c(CC(=O)N2CCSCC2CC(=O)O)c1. The van der Waals surface area contributed by atoms with E-state index < -0.39 is 5.97 Å². The van der Waals surface area contributed by atoms with Crippen LogP contribution in [0, 0.1) is 13.8 Å². The average Bonchev–Trinajstić information content (AvgIpc) is 2.42. The van der Waals surface area contributed by atoms with Gasteiger partial charge in [0, 0.05) is 18.1 Å². The van der Waals surface area contributed by atoms with Gasteiger partial charge >= 0.3 is 5.97 Å². The number of carbonyl (C=O) groups excluding carboxylic acids is 1. The molecule has 0 bridgehead atoms. The van der Waals surface area contributed by atoms with Crippen molar-refractivity contribution in [1.29, 1.82) is 0 Å². The fraction of sp³-hybridized carbons (Fsp3) is 0.500. The summed E-state index contributed by atoms with van der Waals surface area (Å²) in [4.78, 5) is 25.2. The summed E-state index contributed by atoms with van der Waals surface area (Å²) in [6, 6.07) is 5.92. The molecule has 1 aromatic carbocycles. The zero-order valence-corrected chi connectivity index (χ0v) is 13.3. The lowest BCUT2D eigenvalue weighted by Gasteiger charge is -2.34. The standard InChI is InChI=1S/C16H21NO3S/c1-11-3-4-12(2)13(7-11)8-15(18)17-5-6-21-10-14(17)9-16(19)20/h3-4,7,14H,5-6,8-10H2,1-2H3,(H,19,20). The van der Waals surface area contributed by atoms with Gasteiger partial charge < -0.3 is 10.0 Å². The predicted molar refractivity (Wildman–Crippen MR) is 84.7 cm³/mol. The van der Waals surface area contributed by atoms with Gasteiger partial charge in [-0.2, -0.15) is 11.8 Å². The molecule has 21 heavy (non-hydrogen) atoms. The van der Waals surface area contributed by atoms with Gasteiger partial charge in [-0.3, -0.25) is 9.59 Å². The number of rotatable bonds is 4. The van der Waals surface area contributed by atoms with Crippen LogP contribution < -0.4 is 0 Å². The molecule has 1 aliphatic heterocycles. The van der Waals surface area contributed by atoms with E-state index >= 15 is 0 Å². The van der Waals surface area contributed by atoms with Crippen LogP contribution in [-0.2, 0) is 16.0 Å². The van der Waals surface area contributed by atoms with Crippen LogP contribution in [0.4, 0.5) is 0 Å². The maximum atomic E-state index is 12.5. The fourth-order valence-electron chi connectivity index (χ4n) is 2.61. The van der Waals surface area contributed by atoms with Gasteiger partial charge in [-0.15, -0.1) is 0 Å². The van der Waals surface area contributed by atoms with Crippen LogP contribution in [0.1, 0.15) is 23.1 Å². The maximum Gasteiger partial charge on any atom is 0.305 e. The molecule has 0 saturated carbocycles. The van der Waals surface area contributed by atoms with Crippen molar-refractivity contribution in [2.45, 2.75) is 32.7 Å². The lowest BCUT2D eigenvalue weighted by atomic mass is 10.0. The van der Waals surface area contributed by atoms with Crippen LogP contribution in [-0.4, -0.2) is 46.0 Å². The third-order valence-electron chi connectivity index (χ3n) is 3.80. The number of aryl methyl sites for hydroxylation is 2. The molecular formula is C16H21NO3S. The Morgan fingerprint density at radius 1 is 1.38 bits per heavy atom. The minimum atomic E-state index is -0.841. The second-order valence-electron chi connectivity index (χ2n) is 5.52. The van der Waals surface area contributed by atoms with Gasteiger partial charge in [-0.05, 0) is 25.0 Å². The fourth-order valence-corrected chi connectivity index (χ4v) is 3.67. The summed E-state index contributed by atoms with van der Waals surface area (Å²) in [5.41, 5.74) is 3.28. The number of benzene rings is 1. The van der Waals surface area contributed by atoms with E-state index in [-0.39, 0.29) is 18.4 Å². The Balaban J connectivity index is 2.10. The van der Waals surface area contributed by atoms with Crippen LogP contribution in [0.3, 0.4) is 0 Å². The third-order valence-corrected chi connectivity index (χ3v) is 4.90. The van der Waals surface area contributed by atoms with E-state index in [0.29, 0.717) is 18.7 Å². The highest BCUT2D eigenvalue weighted by molar-refractivity contribution is 7.99. The minimum Gasteiger partial charge on any atom is -0.481 e. The second-order valence-corrected chi connectivity index (χ2v) is 6.67. The lowest BCUT2D eigenvalue weighted by molar-refractivity contribution is -0.140. The molecule has 1 N–H and O–H groups in total. The van der Waals surface area contributed by atoms with E-state index in [4.69, 9.17) is 5.11 Å². The monoisotopic (exact) mass is 307 g/mol. The van der Waals surface area contributed by atoms with Crippen LogP contribution >= 0.6 is 11.8 Å². The highest BCUT2D eigenvalue weighted by Crippen LogP contribution is 2.21. The number of amides is 1. The summed E-state index contributed by atoms with van der Waals surface area (Å²) in [6.07, 6.45) is 0.389. The lowest BCUT2D eigenvalue weighted by Crippen LogP contribution is -2.47. The van der Waals surface area contributed by atoms with Gasteiger partial charge in [0.25, 0.3) is 0 Å². The van der Waals surface area contributed by atoms with Gasteiger partial charge in [-0.1, -0.05) is 23.8 Å². The summed E-state index contributed by atoms with van der Waals surface area (Å²) in [6.45, 7) is 4.66. The Bertz CT molecular complexity index is 544. The molecule has 0 aliphatic carbocycles. The number of thioether (sulfide) groups is 1. The van der Waals surface area contributed by atoms with Crippen molar-refractivity contribution >= 4 is 23.6 Å². The van der Waals surface area contributed by atoms with Gasteiger partial charge in [0.2, 0.25) is 5.91 Å². The van der Waals surface area contributed by atoms with Gasteiger partial charge in [0.15, 0.2) is 0 Å². The van der Waals surface area contributed by atoms with E-state index in [9.17, 15) is 9.59 Å². The molecule has 1 aliphatic rings. The third kappa shape index (κ3) is 4.24. The molecule has 1 atom stereocenters. The van der Waals surface area contributed by atoms with Crippen LogP contribution in [0.15, 0.2) is 18.2 Å². The molecule has 114 valence electrons. The Labute approximate surface area is 129 Å². The number of carbonyl (C=O) groups is 2. The van der Waals surface area contributed by atoms with Crippen molar-refractivity contribution in [3.8, 4) is 0 Å². The molecule has 4 nitrogen and oxygen atoms in total. The van der Waals surface area contributed by atoms with Crippen molar-refractivity contribution in [3.05, 3.63) is 34.9 Å². The highest BCUT2D eigenvalue weighted by atomic mass is 32.2. The first-order valence-corrected chi connectivity index (χ1v) is 8.28. The van der Waals surface area contributed by atoms with E-state index in [2.05, 4.69) is 0 Å². The van der Waals surface area contributed by atoms with Crippen molar-refractivity contribution in [2.24, 2.45) is 0 Å². The number of nitrogens with zero attached hydrogens (tertiary/aromatic N) is 1. The summed E-state index contributed by atoms with van der Waals surface area (Å²) < 4.78 is 0. The number of aliphatic carboxylic acids is 1. The Morgan fingerprint density at radius 2 is 2.14 bits per heavy atom. The van der Waals surface area contributed by atoms with Crippen molar-refractivity contribution < 1.29 is 14.7 Å². The van der Waals surface area contributed by atoms with Gasteiger partial charge in [0.1, 0.15) is 0 Å². The first kappa shape index (κ1) is 15.9. The largest absolute Gasteiger partial charge is 0.481 e. The molecule has 1 unspecified atom stereocenters. The smallest absolute Gasteiger partial charge is 0.305 e. The number of hydrogen-bond acceptors (Lipinski definition) is 3. The first-order chi connectivity index (χ1) is 9.97. The normalized spacial score (nSPS) is 18.6. The zero-order chi connectivity index (χ0) is 15.4. The average molecular weight is 307 g/mol. The molecule has 1 saturated heterocycles. The van der Waals surface area contributed by atoms with Crippen molar-refractivity contribution in [3.63, 3.8) is 0 Å². The Morgan fingerprint density at radius 3 is 2.86 bits per heavy atom. The minimum absolute atomic E-state index is 0.0333. The molecule has 0 spiro atoms. The van der Waals surface area contributed by atoms with Crippen LogP contribution in [0.25, 0.3) is 0 Å². The van der Waals surface area contributed by atoms with E-state index in [0.717, 1.165) is 22.4 Å². The van der Waals surface area contributed by atoms with E-state index in [1.54, 1.807) is 16.7 Å². The molecule has 5 heteroatoms. The van der Waals surface area contributed by atoms with Gasteiger partial charge in [-0.25, -0.2) is 0 Å². The summed E-state index contributed by atoms with van der Waals surface area (Å²) in [5, 5.41) is 8.99. The molecule has 1 aromatic rings. The Hall–Kier alpha value is -1.49. The topological polar surface area (TPSA) is 57.6 Å². The molecule has 0 radical (unpaired) electrons. The quantitative estimate of drug-likeness (QED) is 0.927. The number of hydrogen-bond donors (Lipinski definition) is 1. The summed E-state index contributed by atoms with van der Waals surface area (Å²) in [5.74, 6) is 0.793. The Kier molecular flexibility index (Phi) is 5.28. The molecule has 1 amide bonds. The molecular weight excluding hydrogens is 286 g/mol. The van der Waals surface area contributed by atoms with E-state index in [1.807, 2.05) is 32.0 Å². The molecule has 1 fully saturated rings.